The summed E-state index contributed by atoms with van der Waals surface area (Å²) in [5, 5.41) is 1.23. The molecule has 2 nitrogen and oxygen atoms in total. The van der Waals surface area contributed by atoms with Gasteiger partial charge in [0.25, 0.3) is 0 Å². The molecule has 2 N–H and O–H groups in total. The van der Waals surface area contributed by atoms with Crippen LogP contribution in [0.15, 0.2) is 24.3 Å². The highest BCUT2D eigenvalue weighted by atomic mass is 14.8. The Balaban J connectivity index is 2.24. The SMILES string of the molecule is Cc1cc(C)c2ccc(C3(N)CC3)cc2n1. The fourth-order valence-electron chi connectivity index (χ4n) is 2.30. The van der Waals surface area contributed by atoms with Crippen LogP contribution in [-0.2, 0) is 5.54 Å². The molecule has 0 unspecified atom stereocenters. The van der Waals surface area contributed by atoms with E-state index in [1.54, 1.807) is 0 Å². The number of hydrogen-bond donors (Lipinski definition) is 1. The van der Waals surface area contributed by atoms with E-state index in [0.29, 0.717) is 0 Å². The first-order valence-electron chi connectivity index (χ1n) is 5.76. The van der Waals surface area contributed by atoms with E-state index in [1.807, 2.05) is 6.92 Å². The third kappa shape index (κ3) is 1.41. The Hall–Kier alpha value is -1.41. The lowest BCUT2D eigenvalue weighted by Crippen LogP contribution is -2.18. The van der Waals surface area contributed by atoms with Gasteiger partial charge < -0.3 is 5.73 Å². The summed E-state index contributed by atoms with van der Waals surface area (Å²) in [6, 6.07) is 8.58. The van der Waals surface area contributed by atoms with Gasteiger partial charge in [0, 0.05) is 16.6 Å². The average molecular weight is 212 g/mol. The van der Waals surface area contributed by atoms with Gasteiger partial charge >= 0.3 is 0 Å². The van der Waals surface area contributed by atoms with Crippen molar-refractivity contribution in [2.24, 2.45) is 5.73 Å². The van der Waals surface area contributed by atoms with Crippen molar-refractivity contribution in [1.29, 1.82) is 0 Å². The molecule has 3 rings (SSSR count). The molecule has 0 atom stereocenters. The molecule has 0 bridgehead atoms. The van der Waals surface area contributed by atoms with Gasteiger partial charge in [-0.25, -0.2) is 0 Å². The van der Waals surface area contributed by atoms with Crippen LogP contribution in [0.1, 0.15) is 29.7 Å². The van der Waals surface area contributed by atoms with E-state index in [0.717, 1.165) is 24.1 Å². The van der Waals surface area contributed by atoms with E-state index in [1.165, 1.54) is 16.5 Å². The van der Waals surface area contributed by atoms with Crippen molar-refractivity contribution < 1.29 is 0 Å². The molecule has 2 heteroatoms. The lowest BCUT2D eigenvalue weighted by molar-refractivity contribution is 0.741. The molecular formula is C14H16N2. The summed E-state index contributed by atoms with van der Waals surface area (Å²) >= 11 is 0. The summed E-state index contributed by atoms with van der Waals surface area (Å²) in [4.78, 5) is 4.58. The largest absolute Gasteiger partial charge is 0.321 e. The average Bonchev–Trinajstić information content (AvgIpc) is 2.96. The van der Waals surface area contributed by atoms with Crippen LogP contribution in [0.4, 0.5) is 0 Å². The molecule has 0 aliphatic heterocycles. The molecular weight excluding hydrogens is 196 g/mol. The Labute approximate surface area is 95.5 Å². The van der Waals surface area contributed by atoms with Crippen molar-refractivity contribution in [3.05, 3.63) is 41.1 Å². The van der Waals surface area contributed by atoms with Crippen LogP contribution >= 0.6 is 0 Å². The maximum absolute atomic E-state index is 6.21. The molecule has 0 saturated heterocycles. The van der Waals surface area contributed by atoms with Crippen LogP contribution in [0.5, 0.6) is 0 Å². The normalized spacial score (nSPS) is 17.7. The fraction of sp³-hybridized carbons (Fsp3) is 0.357. The summed E-state index contributed by atoms with van der Waals surface area (Å²) in [6.45, 7) is 4.17. The zero-order valence-corrected chi connectivity index (χ0v) is 9.75. The topological polar surface area (TPSA) is 38.9 Å². The maximum Gasteiger partial charge on any atom is 0.0711 e. The number of aromatic nitrogens is 1. The van der Waals surface area contributed by atoms with Crippen LogP contribution < -0.4 is 5.73 Å². The van der Waals surface area contributed by atoms with E-state index < -0.39 is 0 Å². The number of benzene rings is 1. The standard InChI is InChI=1S/C14H16N2/c1-9-7-10(2)16-13-8-11(3-4-12(9)13)14(15)5-6-14/h3-4,7-8H,5-6,15H2,1-2H3. The number of aryl methyl sites for hydroxylation is 2. The molecule has 1 aromatic heterocycles. The predicted octanol–water partition coefficient (Wildman–Crippen LogP) is 2.80. The number of rotatable bonds is 1. The monoisotopic (exact) mass is 212 g/mol. The second-order valence-electron chi connectivity index (χ2n) is 4.97. The lowest BCUT2D eigenvalue weighted by Gasteiger charge is -2.11. The molecule has 1 heterocycles. The van der Waals surface area contributed by atoms with Gasteiger partial charge in [0.05, 0.1) is 5.52 Å². The van der Waals surface area contributed by atoms with E-state index in [2.05, 4.69) is 36.2 Å². The van der Waals surface area contributed by atoms with Gasteiger partial charge in [-0.15, -0.1) is 0 Å². The molecule has 1 aromatic carbocycles. The highest BCUT2D eigenvalue weighted by Crippen LogP contribution is 2.43. The van der Waals surface area contributed by atoms with E-state index >= 15 is 0 Å². The molecule has 1 saturated carbocycles. The predicted molar refractivity (Wildman–Crippen MR) is 66.3 cm³/mol. The summed E-state index contributed by atoms with van der Waals surface area (Å²) in [5.41, 5.74) is 10.8. The third-order valence-corrected chi connectivity index (χ3v) is 3.51. The highest BCUT2D eigenvalue weighted by molar-refractivity contribution is 5.83. The highest BCUT2D eigenvalue weighted by Gasteiger charge is 2.39. The first kappa shape index (κ1) is 9.79. The number of pyridine rings is 1. The van der Waals surface area contributed by atoms with Crippen molar-refractivity contribution in [2.75, 3.05) is 0 Å². The Morgan fingerprint density at radius 2 is 1.94 bits per heavy atom. The molecule has 1 fully saturated rings. The van der Waals surface area contributed by atoms with Crippen LogP contribution in [0.25, 0.3) is 10.9 Å². The summed E-state index contributed by atoms with van der Waals surface area (Å²) in [6.07, 6.45) is 2.20. The third-order valence-electron chi connectivity index (χ3n) is 3.51. The van der Waals surface area contributed by atoms with Gasteiger partial charge in [-0.2, -0.15) is 0 Å². The van der Waals surface area contributed by atoms with Crippen LogP contribution in [0, 0.1) is 13.8 Å². The Kier molecular flexibility index (Phi) is 1.86. The smallest absolute Gasteiger partial charge is 0.0711 e. The number of hydrogen-bond acceptors (Lipinski definition) is 2. The lowest BCUT2D eigenvalue weighted by atomic mass is 10.0. The molecule has 0 radical (unpaired) electrons. The zero-order chi connectivity index (χ0) is 11.3. The summed E-state index contributed by atoms with van der Waals surface area (Å²) in [5.74, 6) is 0. The minimum atomic E-state index is -0.0620. The quantitative estimate of drug-likeness (QED) is 0.789. The van der Waals surface area contributed by atoms with Crippen LogP contribution in [0.3, 0.4) is 0 Å². The molecule has 82 valence electrons. The summed E-state index contributed by atoms with van der Waals surface area (Å²) in [7, 11) is 0. The first-order chi connectivity index (χ1) is 7.58. The van der Waals surface area contributed by atoms with Crippen molar-refractivity contribution in [3.8, 4) is 0 Å². The Bertz CT molecular complexity index is 568. The van der Waals surface area contributed by atoms with Crippen molar-refractivity contribution in [1.82, 2.24) is 4.98 Å². The van der Waals surface area contributed by atoms with Gasteiger partial charge in [-0.1, -0.05) is 12.1 Å². The number of nitrogens with two attached hydrogens (primary N) is 1. The fourth-order valence-corrected chi connectivity index (χ4v) is 2.30. The second kappa shape index (κ2) is 3.05. The van der Waals surface area contributed by atoms with Gasteiger partial charge in [0.2, 0.25) is 0 Å². The first-order valence-corrected chi connectivity index (χ1v) is 5.76. The van der Waals surface area contributed by atoms with Crippen molar-refractivity contribution in [3.63, 3.8) is 0 Å². The molecule has 16 heavy (non-hydrogen) atoms. The van der Waals surface area contributed by atoms with Gasteiger partial charge in [-0.05, 0) is 49.9 Å². The molecule has 2 aromatic rings. The molecule has 1 aliphatic carbocycles. The maximum atomic E-state index is 6.21. The van der Waals surface area contributed by atoms with E-state index in [4.69, 9.17) is 5.73 Å². The molecule has 0 spiro atoms. The number of fused-ring (bicyclic) bond motifs is 1. The van der Waals surface area contributed by atoms with Gasteiger partial charge in [-0.3, -0.25) is 4.98 Å². The zero-order valence-electron chi connectivity index (χ0n) is 9.75. The van der Waals surface area contributed by atoms with Gasteiger partial charge in [0.15, 0.2) is 0 Å². The second-order valence-corrected chi connectivity index (χ2v) is 4.97. The minimum Gasteiger partial charge on any atom is -0.321 e. The molecule has 0 amide bonds. The van der Waals surface area contributed by atoms with E-state index in [-0.39, 0.29) is 5.54 Å². The van der Waals surface area contributed by atoms with Crippen LogP contribution in [-0.4, -0.2) is 4.98 Å². The Morgan fingerprint density at radius 1 is 1.19 bits per heavy atom. The minimum absolute atomic E-state index is 0.0620. The summed E-state index contributed by atoms with van der Waals surface area (Å²) < 4.78 is 0. The molecule has 1 aliphatic rings. The van der Waals surface area contributed by atoms with Crippen molar-refractivity contribution in [2.45, 2.75) is 32.2 Å². The van der Waals surface area contributed by atoms with E-state index in [9.17, 15) is 0 Å². The van der Waals surface area contributed by atoms with Crippen LogP contribution in [0.2, 0.25) is 0 Å². The Morgan fingerprint density at radius 3 is 2.62 bits per heavy atom. The van der Waals surface area contributed by atoms with Crippen molar-refractivity contribution >= 4 is 10.9 Å². The van der Waals surface area contributed by atoms with Gasteiger partial charge in [0.1, 0.15) is 0 Å². The number of nitrogens with zero attached hydrogens (tertiary/aromatic N) is 1.